The van der Waals surface area contributed by atoms with E-state index >= 15 is 0 Å². The lowest BCUT2D eigenvalue weighted by atomic mass is 10.1. The second-order valence-electron chi connectivity index (χ2n) is 6.10. The molecule has 9 heteroatoms. The number of rotatable bonds is 5. The Labute approximate surface area is 160 Å². The van der Waals surface area contributed by atoms with Crippen molar-refractivity contribution in [2.75, 3.05) is 11.9 Å². The molecular formula is C19H19N3O6. The van der Waals surface area contributed by atoms with Crippen LogP contribution in [-0.4, -0.2) is 29.4 Å². The first-order valence-electron chi connectivity index (χ1n) is 8.28. The molecule has 0 spiro atoms. The maximum atomic E-state index is 12.1. The van der Waals surface area contributed by atoms with Gasteiger partial charge in [-0.25, -0.2) is 9.59 Å². The van der Waals surface area contributed by atoms with Crippen LogP contribution in [-0.2, 0) is 9.53 Å². The van der Waals surface area contributed by atoms with Crippen molar-refractivity contribution in [3.63, 3.8) is 0 Å². The number of nitrogens with one attached hydrogen (secondary N) is 2. The number of ether oxygens (including phenoxy) is 1. The molecule has 0 saturated carbocycles. The van der Waals surface area contributed by atoms with Gasteiger partial charge in [0.05, 0.1) is 4.92 Å². The minimum atomic E-state index is -1.02. The van der Waals surface area contributed by atoms with E-state index in [1.165, 1.54) is 25.1 Å². The number of urea groups is 1. The highest BCUT2D eigenvalue weighted by molar-refractivity contribution is 6.03. The Bertz CT molecular complexity index is 955. The SMILES string of the molecule is Cc1ccc(NC(=O)NC(=O)COC(=O)c2c(C)cccc2[N+](=O)[O-])cc1C. The Morgan fingerprint density at radius 3 is 2.39 bits per heavy atom. The number of hydrogen-bond acceptors (Lipinski definition) is 6. The number of hydrogen-bond donors (Lipinski definition) is 2. The molecule has 0 saturated heterocycles. The molecule has 0 bridgehead atoms. The molecule has 0 fully saturated rings. The van der Waals surface area contributed by atoms with E-state index in [1.807, 2.05) is 25.2 Å². The molecule has 0 aliphatic rings. The summed E-state index contributed by atoms with van der Waals surface area (Å²) in [7, 11) is 0. The third kappa shape index (κ3) is 5.13. The van der Waals surface area contributed by atoms with Gasteiger partial charge in [0.15, 0.2) is 6.61 Å². The first-order valence-corrected chi connectivity index (χ1v) is 8.28. The fourth-order valence-electron chi connectivity index (χ4n) is 2.42. The second kappa shape index (κ2) is 8.76. The van der Waals surface area contributed by atoms with E-state index in [1.54, 1.807) is 12.1 Å². The lowest BCUT2D eigenvalue weighted by Gasteiger charge is -2.10. The number of nitro groups is 1. The Kier molecular flexibility index (Phi) is 6.43. The summed E-state index contributed by atoms with van der Waals surface area (Å²) < 4.78 is 4.81. The molecule has 0 aromatic heterocycles. The van der Waals surface area contributed by atoms with E-state index < -0.39 is 35.1 Å². The molecular weight excluding hydrogens is 366 g/mol. The summed E-state index contributed by atoms with van der Waals surface area (Å²) in [6.07, 6.45) is 0. The third-order valence-corrected chi connectivity index (χ3v) is 4.00. The fourth-order valence-corrected chi connectivity index (χ4v) is 2.42. The molecule has 0 radical (unpaired) electrons. The van der Waals surface area contributed by atoms with Crippen LogP contribution in [0.1, 0.15) is 27.0 Å². The number of nitro benzene ring substituents is 1. The molecule has 3 amide bonds. The molecule has 0 aliphatic carbocycles. The fraction of sp³-hybridized carbons (Fsp3) is 0.211. The van der Waals surface area contributed by atoms with Gasteiger partial charge in [-0.05, 0) is 49.6 Å². The largest absolute Gasteiger partial charge is 0.452 e. The maximum Gasteiger partial charge on any atom is 0.345 e. The Morgan fingerprint density at radius 1 is 1.04 bits per heavy atom. The zero-order valence-electron chi connectivity index (χ0n) is 15.6. The van der Waals surface area contributed by atoms with E-state index in [0.717, 1.165) is 11.1 Å². The Balaban J connectivity index is 1.93. The molecule has 0 heterocycles. The van der Waals surface area contributed by atoms with Crippen LogP contribution in [0.3, 0.4) is 0 Å². The molecule has 0 unspecified atom stereocenters. The molecule has 2 aromatic carbocycles. The van der Waals surface area contributed by atoms with Crippen LogP contribution in [0.2, 0.25) is 0 Å². The summed E-state index contributed by atoms with van der Waals surface area (Å²) in [5.41, 5.74) is 2.21. The van der Waals surface area contributed by atoms with Crippen molar-refractivity contribution in [2.24, 2.45) is 0 Å². The van der Waals surface area contributed by atoms with Gasteiger partial charge in [-0.15, -0.1) is 0 Å². The van der Waals surface area contributed by atoms with Gasteiger partial charge in [0.1, 0.15) is 5.56 Å². The number of esters is 1. The Morgan fingerprint density at radius 2 is 1.75 bits per heavy atom. The van der Waals surface area contributed by atoms with E-state index in [-0.39, 0.29) is 5.56 Å². The van der Waals surface area contributed by atoms with Gasteiger partial charge in [-0.2, -0.15) is 0 Å². The lowest BCUT2D eigenvalue weighted by molar-refractivity contribution is -0.385. The van der Waals surface area contributed by atoms with Crippen LogP contribution in [0.5, 0.6) is 0 Å². The summed E-state index contributed by atoms with van der Waals surface area (Å²) in [5, 5.41) is 15.6. The first kappa shape index (κ1) is 20.6. The van der Waals surface area contributed by atoms with Crippen molar-refractivity contribution in [3.05, 3.63) is 68.8 Å². The number of carbonyl (C=O) groups is 3. The molecule has 28 heavy (non-hydrogen) atoms. The van der Waals surface area contributed by atoms with Crippen molar-refractivity contribution in [2.45, 2.75) is 20.8 Å². The van der Waals surface area contributed by atoms with E-state index in [2.05, 4.69) is 5.32 Å². The average Bonchev–Trinajstić information content (AvgIpc) is 2.62. The monoisotopic (exact) mass is 385 g/mol. The summed E-state index contributed by atoms with van der Waals surface area (Å²) in [4.78, 5) is 46.2. The van der Waals surface area contributed by atoms with Gasteiger partial charge in [0, 0.05) is 11.8 Å². The van der Waals surface area contributed by atoms with Gasteiger partial charge in [-0.3, -0.25) is 20.2 Å². The third-order valence-electron chi connectivity index (χ3n) is 4.00. The average molecular weight is 385 g/mol. The number of benzene rings is 2. The molecule has 2 rings (SSSR count). The lowest BCUT2D eigenvalue weighted by Crippen LogP contribution is -2.37. The number of aryl methyl sites for hydroxylation is 3. The van der Waals surface area contributed by atoms with Crippen molar-refractivity contribution < 1.29 is 24.0 Å². The minimum absolute atomic E-state index is 0.236. The summed E-state index contributed by atoms with van der Waals surface area (Å²) >= 11 is 0. The number of imide groups is 1. The topological polar surface area (TPSA) is 128 Å². The molecule has 0 atom stereocenters. The molecule has 2 N–H and O–H groups in total. The van der Waals surface area contributed by atoms with Crippen LogP contribution in [0.15, 0.2) is 36.4 Å². The van der Waals surface area contributed by atoms with E-state index in [4.69, 9.17) is 4.74 Å². The van der Waals surface area contributed by atoms with Gasteiger partial charge < -0.3 is 10.1 Å². The van der Waals surface area contributed by atoms with Crippen LogP contribution in [0.4, 0.5) is 16.2 Å². The summed E-state index contributed by atoms with van der Waals surface area (Å²) in [6, 6.07) is 8.59. The molecule has 9 nitrogen and oxygen atoms in total. The summed E-state index contributed by atoms with van der Waals surface area (Å²) in [5.74, 6) is -1.89. The highest BCUT2D eigenvalue weighted by Gasteiger charge is 2.24. The quantitative estimate of drug-likeness (QED) is 0.463. The highest BCUT2D eigenvalue weighted by atomic mass is 16.6. The van der Waals surface area contributed by atoms with Crippen LogP contribution >= 0.6 is 0 Å². The van der Waals surface area contributed by atoms with Crippen molar-refractivity contribution in [1.29, 1.82) is 0 Å². The standard InChI is InChI=1S/C19H19N3O6/c1-11-7-8-14(9-13(11)3)20-19(25)21-16(23)10-28-18(24)17-12(2)5-4-6-15(17)22(26)27/h4-9H,10H2,1-3H3,(H2,20,21,23,25). The number of carbonyl (C=O) groups excluding carboxylic acids is 3. The van der Waals surface area contributed by atoms with Gasteiger partial charge in [0.25, 0.3) is 11.6 Å². The second-order valence-corrected chi connectivity index (χ2v) is 6.10. The van der Waals surface area contributed by atoms with Crippen LogP contribution in [0, 0.1) is 30.9 Å². The smallest absolute Gasteiger partial charge is 0.345 e. The zero-order valence-corrected chi connectivity index (χ0v) is 15.6. The van der Waals surface area contributed by atoms with Gasteiger partial charge >= 0.3 is 12.0 Å². The predicted octanol–water partition coefficient (Wildman–Crippen LogP) is 3.03. The number of amides is 3. The van der Waals surface area contributed by atoms with Gasteiger partial charge in [0.2, 0.25) is 0 Å². The van der Waals surface area contributed by atoms with Crippen LogP contribution < -0.4 is 10.6 Å². The molecule has 2 aromatic rings. The Hall–Kier alpha value is -3.75. The van der Waals surface area contributed by atoms with E-state index in [9.17, 15) is 24.5 Å². The maximum absolute atomic E-state index is 12.1. The van der Waals surface area contributed by atoms with E-state index in [0.29, 0.717) is 11.3 Å². The normalized spacial score (nSPS) is 10.1. The zero-order chi connectivity index (χ0) is 20.8. The number of nitrogens with zero attached hydrogens (tertiary/aromatic N) is 1. The van der Waals surface area contributed by atoms with Crippen LogP contribution in [0.25, 0.3) is 0 Å². The van der Waals surface area contributed by atoms with Gasteiger partial charge in [-0.1, -0.05) is 18.2 Å². The van der Waals surface area contributed by atoms with Crippen molar-refractivity contribution >= 4 is 29.3 Å². The number of anilines is 1. The van der Waals surface area contributed by atoms with Crippen molar-refractivity contribution in [1.82, 2.24) is 5.32 Å². The highest BCUT2D eigenvalue weighted by Crippen LogP contribution is 2.22. The summed E-state index contributed by atoms with van der Waals surface area (Å²) in [6.45, 7) is 4.56. The predicted molar refractivity (Wildman–Crippen MR) is 101 cm³/mol. The minimum Gasteiger partial charge on any atom is -0.452 e. The van der Waals surface area contributed by atoms with Crippen molar-refractivity contribution in [3.8, 4) is 0 Å². The first-order chi connectivity index (χ1) is 13.2. The molecule has 0 aliphatic heterocycles. The molecule has 146 valence electrons.